The van der Waals surface area contributed by atoms with Crippen LogP contribution in [0.3, 0.4) is 0 Å². The van der Waals surface area contributed by atoms with Crippen LogP contribution in [0.1, 0.15) is 11.1 Å². The zero-order chi connectivity index (χ0) is 15.3. The molecular weight excluding hydrogens is 281 g/mol. The second kappa shape index (κ2) is 6.30. The third-order valence-corrected chi connectivity index (χ3v) is 2.65. The summed E-state index contributed by atoms with van der Waals surface area (Å²) in [6, 6.07) is 13.4. The largest absolute Gasteiger partial charge is 0.573 e. The first kappa shape index (κ1) is 14.9. The molecule has 0 unspecified atom stereocenters. The lowest BCUT2D eigenvalue weighted by Gasteiger charge is -2.10. The van der Waals surface area contributed by atoms with Crippen LogP contribution in [0.2, 0.25) is 0 Å². The van der Waals surface area contributed by atoms with E-state index in [1.54, 1.807) is 13.1 Å². The maximum absolute atomic E-state index is 12.1. The highest BCUT2D eigenvalue weighted by Crippen LogP contribution is 2.24. The Morgan fingerprint density at radius 1 is 1.10 bits per heavy atom. The molecule has 2 aromatic rings. The highest BCUT2D eigenvalue weighted by molar-refractivity contribution is 5.82. The first-order chi connectivity index (χ1) is 9.94. The smallest absolute Gasteiger partial charge is 0.406 e. The molecule has 0 saturated carbocycles. The number of anilines is 1. The van der Waals surface area contributed by atoms with Crippen molar-refractivity contribution in [3.05, 3.63) is 59.7 Å². The molecule has 2 aromatic carbocycles. The Morgan fingerprint density at radius 3 is 2.43 bits per heavy atom. The molecular formula is C15H13F3N2O. The fourth-order valence-corrected chi connectivity index (χ4v) is 1.68. The maximum Gasteiger partial charge on any atom is 0.573 e. The van der Waals surface area contributed by atoms with E-state index in [4.69, 9.17) is 0 Å². The maximum atomic E-state index is 12.1. The van der Waals surface area contributed by atoms with Gasteiger partial charge in [-0.25, -0.2) is 0 Å². The Hall–Kier alpha value is -2.50. The number of rotatable bonds is 4. The van der Waals surface area contributed by atoms with E-state index in [2.05, 4.69) is 15.3 Å². The highest BCUT2D eigenvalue weighted by Gasteiger charge is 2.31. The van der Waals surface area contributed by atoms with Crippen molar-refractivity contribution in [3.63, 3.8) is 0 Å². The number of para-hydroxylation sites is 1. The quantitative estimate of drug-likeness (QED) is 0.672. The molecule has 1 N–H and O–H groups in total. The van der Waals surface area contributed by atoms with Gasteiger partial charge in [0.25, 0.3) is 0 Å². The predicted octanol–water partition coefficient (Wildman–Crippen LogP) is 4.34. The monoisotopic (exact) mass is 294 g/mol. The molecule has 0 radical (unpaired) electrons. The number of hydrogen-bond acceptors (Lipinski definition) is 3. The minimum atomic E-state index is -4.68. The first-order valence-electron chi connectivity index (χ1n) is 6.14. The summed E-state index contributed by atoms with van der Waals surface area (Å²) in [4.78, 5) is 0. The van der Waals surface area contributed by atoms with Gasteiger partial charge in [-0.05, 0) is 48.4 Å². The lowest BCUT2D eigenvalue weighted by Crippen LogP contribution is -2.17. The van der Waals surface area contributed by atoms with E-state index < -0.39 is 6.36 Å². The third kappa shape index (κ3) is 4.83. The zero-order valence-corrected chi connectivity index (χ0v) is 11.2. The molecule has 6 heteroatoms. The molecule has 110 valence electrons. The Morgan fingerprint density at radius 2 is 1.81 bits per heavy atom. The number of ether oxygens (including phenoxy) is 1. The van der Waals surface area contributed by atoms with E-state index in [1.165, 1.54) is 18.2 Å². The van der Waals surface area contributed by atoms with Gasteiger partial charge in [0.15, 0.2) is 0 Å². The Labute approximate surface area is 120 Å². The lowest BCUT2D eigenvalue weighted by molar-refractivity contribution is -0.274. The number of nitrogens with one attached hydrogen (secondary N) is 1. The molecule has 0 aliphatic rings. The van der Waals surface area contributed by atoms with E-state index in [0.29, 0.717) is 11.1 Å². The minimum Gasteiger partial charge on any atom is -0.406 e. The Balaban J connectivity index is 2.04. The SMILES string of the molecule is Cc1cc(OC(F)(F)F)ccc1C=NNc1ccccc1. The standard InChI is InChI=1S/C15H13F3N2O/c1-11-9-14(21-15(16,17)18)8-7-12(11)10-19-20-13-5-3-2-4-6-13/h2-10,20H,1H3. The average Bonchev–Trinajstić information content (AvgIpc) is 2.41. The number of hydrogen-bond donors (Lipinski definition) is 1. The van der Waals surface area contributed by atoms with Gasteiger partial charge in [-0.1, -0.05) is 18.2 Å². The van der Waals surface area contributed by atoms with Gasteiger partial charge in [-0.15, -0.1) is 13.2 Å². The average molecular weight is 294 g/mol. The van der Waals surface area contributed by atoms with Crippen LogP contribution < -0.4 is 10.2 Å². The van der Waals surface area contributed by atoms with Crippen molar-refractivity contribution in [3.8, 4) is 5.75 Å². The van der Waals surface area contributed by atoms with Crippen molar-refractivity contribution in [2.75, 3.05) is 5.43 Å². The van der Waals surface area contributed by atoms with Crippen LogP contribution in [-0.2, 0) is 0 Å². The molecule has 0 amide bonds. The predicted molar refractivity (Wildman–Crippen MR) is 75.5 cm³/mol. The summed E-state index contributed by atoms with van der Waals surface area (Å²) in [5, 5.41) is 4.04. The molecule has 3 nitrogen and oxygen atoms in total. The molecule has 2 rings (SSSR count). The molecule has 21 heavy (non-hydrogen) atoms. The van der Waals surface area contributed by atoms with Gasteiger partial charge in [0, 0.05) is 0 Å². The number of nitrogens with zero attached hydrogens (tertiary/aromatic N) is 1. The first-order valence-corrected chi connectivity index (χ1v) is 6.14. The normalized spacial score (nSPS) is 11.6. The number of benzene rings is 2. The topological polar surface area (TPSA) is 33.6 Å². The molecule has 0 aromatic heterocycles. The number of hydrazone groups is 1. The van der Waals surface area contributed by atoms with Crippen molar-refractivity contribution in [1.29, 1.82) is 0 Å². The van der Waals surface area contributed by atoms with Gasteiger partial charge >= 0.3 is 6.36 Å². The summed E-state index contributed by atoms with van der Waals surface area (Å²) >= 11 is 0. The Bertz CT molecular complexity index is 625. The molecule has 0 atom stereocenters. The molecule has 0 saturated heterocycles. The summed E-state index contributed by atoms with van der Waals surface area (Å²) < 4.78 is 40.2. The van der Waals surface area contributed by atoms with Crippen molar-refractivity contribution in [2.45, 2.75) is 13.3 Å². The van der Waals surface area contributed by atoms with Gasteiger partial charge in [-0.3, -0.25) is 5.43 Å². The van der Waals surface area contributed by atoms with Crippen LogP contribution in [0.15, 0.2) is 53.6 Å². The summed E-state index contributed by atoms with van der Waals surface area (Å²) in [6.45, 7) is 1.69. The van der Waals surface area contributed by atoms with Crippen molar-refractivity contribution in [2.24, 2.45) is 5.10 Å². The van der Waals surface area contributed by atoms with Crippen molar-refractivity contribution >= 4 is 11.9 Å². The van der Waals surface area contributed by atoms with Crippen molar-refractivity contribution in [1.82, 2.24) is 0 Å². The lowest BCUT2D eigenvalue weighted by atomic mass is 10.1. The minimum absolute atomic E-state index is 0.242. The third-order valence-electron chi connectivity index (χ3n) is 2.65. The van der Waals surface area contributed by atoms with Crippen molar-refractivity contribution < 1.29 is 17.9 Å². The van der Waals surface area contributed by atoms with E-state index in [1.807, 2.05) is 30.3 Å². The van der Waals surface area contributed by atoms with E-state index in [-0.39, 0.29) is 5.75 Å². The van der Waals surface area contributed by atoms with Crippen LogP contribution in [-0.4, -0.2) is 12.6 Å². The summed E-state index contributed by atoms with van der Waals surface area (Å²) in [5.74, 6) is -0.242. The zero-order valence-electron chi connectivity index (χ0n) is 11.2. The van der Waals surface area contributed by atoms with Gasteiger partial charge in [-0.2, -0.15) is 5.10 Å². The van der Waals surface area contributed by atoms with E-state index in [9.17, 15) is 13.2 Å². The number of alkyl halides is 3. The summed E-state index contributed by atoms with van der Waals surface area (Å²) in [6.07, 6.45) is -3.14. The number of halogens is 3. The Kier molecular flexibility index (Phi) is 4.47. The molecule has 0 aliphatic heterocycles. The molecule has 0 bridgehead atoms. The van der Waals surface area contributed by atoms with E-state index >= 15 is 0 Å². The second-order valence-corrected chi connectivity index (χ2v) is 4.30. The fraction of sp³-hybridized carbons (Fsp3) is 0.133. The number of aryl methyl sites for hydroxylation is 1. The highest BCUT2D eigenvalue weighted by atomic mass is 19.4. The summed E-state index contributed by atoms with van der Waals surface area (Å²) in [7, 11) is 0. The molecule has 0 spiro atoms. The van der Waals surface area contributed by atoms with Crippen LogP contribution >= 0.6 is 0 Å². The second-order valence-electron chi connectivity index (χ2n) is 4.30. The molecule has 0 fully saturated rings. The van der Waals surface area contributed by atoms with Crippen LogP contribution in [0, 0.1) is 6.92 Å². The van der Waals surface area contributed by atoms with Crippen LogP contribution in [0.5, 0.6) is 5.75 Å². The molecule has 0 heterocycles. The fourth-order valence-electron chi connectivity index (χ4n) is 1.68. The van der Waals surface area contributed by atoms with Gasteiger partial charge < -0.3 is 4.74 Å². The van der Waals surface area contributed by atoms with Gasteiger partial charge in [0.2, 0.25) is 0 Å². The van der Waals surface area contributed by atoms with E-state index in [0.717, 1.165) is 5.69 Å². The summed E-state index contributed by atoms with van der Waals surface area (Å²) in [5.41, 5.74) is 4.99. The van der Waals surface area contributed by atoms with Crippen LogP contribution in [0.25, 0.3) is 0 Å². The van der Waals surface area contributed by atoms with Gasteiger partial charge in [0.05, 0.1) is 11.9 Å². The van der Waals surface area contributed by atoms with Gasteiger partial charge in [0.1, 0.15) is 5.75 Å². The van der Waals surface area contributed by atoms with Crippen LogP contribution in [0.4, 0.5) is 18.9 Å². The molecule has 0 aliphatic carbocycles.